The first-order valence-corrected chi connectivity index (χ1v) is 6.41. The van der Waals surface area contributed by atoms with Crippen LogP contribution in [0.15, 0.2) is 30.0 Å². The molecule has 0 spiro atoms. The van der Waals surface area contributed by atoms with Crippen LogP contribution >= 0.6 is 0 Å². The second-order valence-electron chi connectivity index (χ2n) is 5.05. The zero-order valence-corrected chi connectivity index (χ0v) is 11.9. The highest BCUT2D eigenvalue weighted by atomic mass is 14.9. The average molecular weight is 253 g/mol. The molecule has 0 radical (unpaired) electrons. The zero-order valence-electron chi connectivity index (χ0n) is 11.9. The summed E-state index contributed by atoms with van der Waals surface area (Å²) in [7, 11) is 0. The number of nitrogens with zero attached hydrogens (tertiary/aromatic N) is 2. The van der Waals surface area contributed by atoms with E-state index in [1.807, 2.05) is 12.1 Å². The van der Waals surface area contributed by atoms with Gasteiger partial charge in [0.15, 0.2) is 0 Å². The molecule has 0 amide bonds. The molecule has 1 rings (SSSR count). The number of rotatable bonds is 4. The predicted octanol–water partition coefficient (Wildman–Crippen LogP) is 4.28. The number of anilines is 1. The fourth-order valence-electron chi connectivity index (χ4n) is 1.95. The second-order valence-corrected chi connectivity index (χ2v) is 5.05. The maximum Gasteiger partial charge on any atom is 0.145 e. The Morgan fingerprint density at radius 1 is 1.05 bits per heavy atom. The Kier molecular flexibility index (Phi) is 5.15. The summed E-state index contributed by atoms with van der Waals surface area (Å²) in [6.45, 7) is 8.52. The van der Waals surface area contributed by atoms with E-state index in [-0.39, 0.29) is 5.57 Å². The molecule has 1 N–H and O–H groups in total. The van der Waals surface area contributed by atoms with Crippen LogP contribution in [0.1, 0.15) is 50.7 Å². The minimum absolute atomic E-state index is 0.0771. The number of hydrogen-bond acceptors (Lipinski definition) is 3. The van der Waals surface area contributed by atoms with Crippen molar-refractivity contribution in [3.05, 3.63) is 41.1 Å². The molecule has 0 aliphatic heterocycles. The van der Waals surface area contributed by atoms with E-state index in [0.717, 1.165) is 5.69 Å². The number of benzene rings is 1. The Hall–Kier alpha value is -2.26. The Morgan fingerprint density at radius 3 is 1.89 bits per heavy atom. The molecule has 0 aromatic heterocycles. The van der Waals surface area contributed by atoms with Gasteiger partial charge in [0.05, 0.1) is 0 Å². The molecule has 19 heavy (non-hydrogen) atoms. The van der Waals surface area contributed by atoms with Crippen LogP contribution in [0.3, 0.4) is 0 Å². The standard InChI is InChI=1S/C16H19N3/c1-11(2)14-6-5-7-15(12(3)4)16(14)19-10-13(8-17)9-18/h5-7,10-12,19H,1-4H3. The molecule has 0 unspecified atom stereocenters. The first kappa shape index (κ1) is 14.8. The van der Waals surface area contributed by atoms with Crippen LogP contribution in [0.25, 0.3) is 0 Å². The lowest BCUT2D eigenvalue weighted by atomic mass is 9.93. The number of para-hydroxylation sites is 1. The first-order chi connectivity index (χ1) is 9.01. The number of hydrogen-bond donors (Lipinski definition) is 1. The van der Waals surface area contributed by atoms with Gasteiger partial charge in [-0.1, -0.05) is 45.9 Å². The molecular formula is C16H19N3. The molecule has 3 nitrogen and oxygen atoms in total. The van der Waals surface area contributed by atoms with Crippen molar-refractivity contribution in [1.82, 2.24) is 0 Å². The summed E-state index contributed by atoms with van der Waals surface area (Å²) in [6, 6.07) is 9.91. The van der Waals surface area contributed by atoms with Crippen molar-refractivity contribution in [1.29, 1.82) is 10.5 Å². The van der Waals surface area contributed by atoms with Crippen LogP contribution in [0.2, 0.25) is 0 Å². The summed E-state index contributed by atoms with van der Waals surface area (Å²) in [6.07, 6.45) is 1.48. The molecule has 0 aliphatic rings. The highest BCUT2D eigenvalue weighted by Crippen LogP contribution is 2.32. The van der Waals surface area contributed by atoms with Gasteiger partial charge in [0.2, 0.25) is 0 Å². The normalized spacial score (nSPS) is 9.89. The quantitative estimate of drug-likeness (QED) is 0.815. The van der Waals surface area contributed by atoms with Crippen molar-refractivity contribution in [2.75, 3.05) is 5.32 Å². The molecule has 1 aromatic rings. The molecule has 1 aromatic carbocycles. The lowest BCUT2D eigenvalue weighted by Crippen LogP contribution is -2.03. The summed E-state index contributed by atoms with van der Waals surface area (Å²) in [4.78, 5) is 0. The van der Waals surface area contributed by atoms with Gasteiger partial charge in [0.1, 0.15) is 17.7 Å². The van der Waals surface area contributed by atoms with Gasteiger partial charge >= 0.3 is 0 Å². The van der Waals surface area contributed by atoms with E-state index in [1.165, 1.54) is 17.3 Å². The fraction of sp³-hybridized carbons (Fsp3) is 0.375. The minimum atomic E-state index is 0.0771. The largest absolute Gasteiger partial charge is 0.359 e. The summed E-state index contributed by atoms with van der Waals surface area (Å²) >= 11 is 0. The topological polar surface area (TPSA) is 59.6 Å². The molecule has 0 bridgehead atoms. The SMILES string of the molecule is CC(C)c1cccc(C(C)C)c1NC=C(C#N)C#N. The van der Waals surface area contributed by atoms with E-state index in [4.69, 9.17) is 10.5 Å². The Bertz CT molecular complexity index is 512. The van der Waals surface area contributed by atoms with E-state index in [9.17, 15) is 0 Å². The van der Waals surface area contributed by atoms with Crippen molar-refractivity contribution in [3.8, 4) is 12.1 Å². The summed E-state index contributed by atoms with van der Waals surface area (Å²) < 4.78 is 0. The van der Waals surface area contributed by atoms with E-state index in [0.29, 0.717) is 11.8 Å². The highest BCUT2D eigenvalue weighted by Gasteiger charge is 2.12. The van der Waals surface area contributed by atoms with Crippen LogP contribution < -0.4 is 5.32 Å². The Balaban J connectivity index is 3.27. The van der Waals surface area contributed by atoms with Gasteiger partial charge in [-0.15, -0.1) is 0 Å². The molecule has 0 aliphatic carbocycles. The number of nitriles is 2. The lowest BCUT2D eigenvalue weighted by molar-refractivity contribution is 0.838. The van der Waals surface area contributed by atoms with Crippen molar-refractivity contribution in [2.24, 2.45) is 0 Å². The maximum atomic E-state index is 8.78. The third-order valence-corrected chi connectivity index (χ3v) is 2.97. The van der Waals surface area contributed by atoms with Crippen LogP contribution in [-0.4, -0.2) is 0 Å². The smallest absolute Gasteiger partial charge is 0.145 e. The van der Waals surface area contributed by atoms with Gasteiger partial charge in [-0.2, -0.15) is 10.5 Å². The Labute approximate surface area is 115 Å². The fourth-order valence-corrected chi connectivity index (χ4v) is 1.95. The minimum Gasteiger partial charge on any atom is -0.359 e. The molecule has 0 fully saturated rings. The summed E-state index contributed by atoms with van der Waals surface area (Å²) in [5, 5.41) is 20.7. The third-order valence-electron chi connectivity index (χ3n) is 2.97. The molecule has 0 heterocycles. The van der Waals surface area contributed by atoms with Crippen molar-refractivity contribution in [2.45, 2.75) is 39.5 Å². The van der Waals surface area contributed by atoms with Gasteiger partial charge in [0, 0.05) is 11.9 Å². The van der Waals surface area contributed by atoms with Gasteiger partial charge in [-0.05, 0) is 23.0 Å². The van der Waals surface area contributed by atoms with Gasteiger partial charge < -0.3 is 5.32 Å². The van der Waals surface area contributed by atoms with E-state index < -0.39 is 0 Å². The third kappa shape index (κ3) is 3.60. The van der Waals surface area contributed by atoms with Gasteiger partial charge in [-0.3, -0.25) is 0 Å². The molecule has 0 saturated heterocycles. The van der Waals surface area contributed by atoms with E-state index in [1.54, 1.807) is 0 Å². The molecule has 0 saturated carbocycles. The summed E-state index contributed by atoms with van der Waals surface area (Å²) in [5.74, 6) is 0.754. The van der Waals surface area contributed by atoms with Gasteiger partial charge in [0.25, 0.3) is 0 Å². The predicted molar refractivity (Wildman–Crippen MR) is 77.6 cm³/mol. The highest BCUT2D eigenvalue weighted by molar-refractivity contribution is 5.62. The van der Waals surface area contributed by atoms with Gasteiger partial charge in [-0.25, -0.2) is 0 Å². The van der Waals surface area contributed by atoms with E-state index >= 15 is 0 Å². The van der Waals surface area contributed by atoms with Crippen LogP contribution in [-0.2, 0) is 0 Å². The first-order valence-electron chi connectivity index (χ1n) is 6.41. The van der Waals surface area contributed by atoms with Crippen molar-refractivity contribution >= 4 is 5.69 Å². The van der Waals surface area contributed by atoms with E-state index in [2.05, 4.69) is 51.2 Å². The number of nitrogens with one attached hydrogen (secondary N) is 1. The monoisotopic (exact) mass is 253 g/mol. The average Bonchev–Trinajstić information content (AvgIpc) is 2.39. The van der Waals surface area contributed by atoms with Crippen LogP contribution in [0, 0.1) is 22.7 Å². The molecule has 0 atom stereocenters. The maximum absolute atomic E-state index is 8.78. The van der Waals surface area contributed by atoms with Crippen LogP contribution in [0.5, 0.6) is 0 Å². The van der Waals surface area contributed by atoms with Crippen molar-refractivity contribution in [3.63, 3.8) is 0 Å². The lowest BCUT2D eigenvalue weighted by Gasteiger charge is -2.19. The Morgan fingerprint density at radius 2 is 1.53 bits per heavy atom. The molecule has 98 valence electrons. The molecular weight excluding hydrogens is 234 g/mol. The summed E-state index contributed by atoms with van der Waals surface area (Å²) in [5.41, 5.74) is 3.47. The zero-order chi connectivity index (χ0) is 14.4. The second kappa shape index (κ2) is 6.61. The van der Waals surface area contributed by atoms with Crippen LogP contribution in [0.4, 0.5) is 5.69 Å². The molecule has 3 heteroatoms. The van der Waals surface area contributed by atoms with Crippen molar-refractivity contribution < 1.29 is 0 Å². The number of allylic oxidation sites excluding steroid dienone is 1.